The molecule has 0 saturated carbocycles. The van der Waals surface area contributed by atoms with Crippen LogP contribution in [0.2, 0.25) is 0 Å². The molecule has 0 spiro atoms. The predicted octanol–water partition coefficient (Wildman–Crippen LogP) is 2.10. The molecule has 2 aliphatic rings. The number of likely N-dealkylation sites (tertiary alicyclic amines) is 2. The highest BCUT2D eigenvalue weighted by atomic mass is 19.1. The zero-order valence-corrected chi connectivity index (χ0v) is 13.3. The van der Waals surface area contributed by atoms with E-state index in [2.05, 4.69) is 20.9 Å². The van der Waals surface area contributed by atoms with Gasteiger partial charge in [0.25, 0.3) is 5.91 Å². The van der Waals surface area contributed by atoms with Gasteiger partial charge in [0.15, 0.2) is 5.82 Å². The molecule has 0 unspecified atom stereocenters. The summed E-state index contributed by atoms with van der Waals surface area (Å²) in [6.07, 6.45) is 8.09. The Hall–Kier alpha value is -2.34. The monoisotopic (exact) mass is 326 g/mol. The van der Waals surface area contributed by atoms with E-state index in [1.165, 1.54) is 17.8 Å². The molecular weight excluding hydrogens is 307 g/mol. The highest BCUT2D eigenvalue weighted by Gasteiger charge is 2.44. The minimum absolute atomic E-state index is 0.122. The Bertz CT molecular complexity index is 739. The summed E-state index contributed by atoms with van der Waals surface area (Å²) in [7, 11) is 0. The summed E-state index contributed by atoms with van der Waals surface area (Å²) >= 11 is 0. The summed E-state index contributed by atoms with van der Waals surface area (Å²) in [5.74, 6) is -0.762. The molecule has 2 aliphatic heterocycles. The number of hydrogen-bond donors (Lipinski definition) is 0. The fourth-order valence-electron chi connectivity index (χ4n) is 3.95. The molecule has 4 heterocycles. The van der Waals surface area contributed by atoms with Crippen molar-refractivity contribution in [3.63, 3.8) is 0 Å². The molecule has 5 nitrogen and oxygen atoms in total. The zero-order chi connectivity index (χ0) is 16.5. The molecule has 0 bridgehead atoms. The van der Waals surface area contributed by atoms with E-state index in [1.54, 1.807) is 6.20 Å². The lowest BCUT2D eigenvalue weighted by Crippen LogP contribution is -2.39. The number of pyridine rings is 2. The van der Waals surface area contributed by atoms with E-state index in [0.29, 0.717) is 12.6 Å². The first-order valence-electron chi connectivity index (χ1n) is 8.27. The number of carbonyl (C=O) groups is 1. The highest BCUT2D eigenvalue weighted by molar-refractivity contribution is 5.94. The molecular formula is C18H19FN4O. The standard InChI is InChI=1S/C18H19FN4O/c19-15-11-21-7-3-14(15)18(24)23-9-5-16-17(23)4-8-22(16)12-13-2-1-6-20-10-13/h1-3,6-7,10-11,16-17H,4-5,8-9,12H2/t16-,17+/m0/s1. The first-order chi connectivity index (χ1) is 11.7. The van der Waals surface area contributed by atoms with E-state index >= 15 is 0 Å². The number of carbonyl (C=O) groups excluding carboxylic acids is 1. The maximum Gasteiger partial charge on any atom is 0.257 e. The molecule has 0 radical (unpaired) electrons. The molecule has 2 aromatic rings. The Kier molecular flexibility index (Phi) is 3.98. The summed E-state index contributed by atoms with van der Waals surface area (Å²) in [4.78, 5) is 24.8. The van der Waals surface area contributed by atoms with E-state index in [-0.39, 0.29) is 17.5 Å². The second-order valence-electron chi connectivity index (χ2n) is 6.40. The Morgan fingerprint density at radius 3 is 2.75 bits per heavy atom. The molecule has 2 aromatic heterocycles. The van der Waals surface area contributed by atoms with Gasteiger partial charge in [-0.1, -0.05) is 6.07 Å². The molecule has 0 N–H and O–H groups in total. The van der Waals surface area contributed by atoms with E-state index in [0.717, 1.165) is 32.1 Å². The lowest BCUT2D eigenvalue weighted by atomic mass is 10.1. The van der Waals surface area contributed by atoms with Crippen molar-refractivity contribution < 1.29 is 9.18 Å². The Morgan fingerprint density at radius 1 is 1.12 bits per heavy atom. The van der Waals surface area contributed by atoms with Gasteiger partial charge in [-0.3, -0.25) is 19.7 Å². The van der Waals surface area contributed by atoms with Crippen LogP contribution in [0.1, 0.15) is 28.8 Å². The molecule has 0 aromatic carbocycles. The third-order valence-electron chi connectivity index (χ3n) is 5.06. The van der Waals surface area contributed by atoms with E-state index in [4.69, 9.17) is 0 Å². The normalized spacial score (nSPS) is 23.5. The number of aromatic nitrogens is 2. The highest BCUT2D eigenvalue weighted by Crippen LogP contribution is 2.33. The van der Waals surface area contributed by atoms with Crippen LogP contribution in [0.4, 0.5) is 4.39 Å². The van der Waals surface area contributed by atoms with Crippen molar-refractivity contribution in [3.05, 3.63) is 59.9 Å². The molecule has 4 rings (SSSR count). The summed E-state index contributed by atoms with van der Waals surface area (Å²) in [5, 5.41) is 0. The Labute approximate surface area is 140 Å². The van der Waals surface area contributed by atoms with Crippen LogP contribution >= 0.6 is 0 Å². The van der Waals surface area contributed by atoms with Gasteiger partial charge < -0.3 is 4.90 Å². The fourth-order valence-corrected chi connectivity index (χ4v) is 3.95. The van der Waals surface area contributed by atoms with Crippen LogP contribution in [0, 0.1) is 5.82 Å². The number of halogens is 1. The molecule has 2 fully saturated rings. The lowest BCUT2D eigenvalue weighted by Gasteiger charge is -2.25. The largest absolute Gasteiger partial charge is 0.334 e. The summed E-state index contributed by atoms with van der Waals surface area (Å²) in [6, 6.07) is 6.00. The van der Waals surface area contributed by atoms with Crippen molar-refractivity contribution in [2.45, 2.75) is 31.5 Å². The maximum atomic E-state index is 13.9. The van der Waals surface area contributed by atoms with Gasteiger partial charge >= 0.3 is 0 Å². The molecule has 24 heavy (non-hydrogen) atoms. The molecule has 2 saturated heterocycles. The van der Waals surface area contributed by atoms with E-state index in [9.17, 15) is 9.18 Å². The third-order valence-corrected chi connectivity index (χ3v) is 5.06. The summed E-state index contributed by atoms with van der Waals surface area (Å²) in [6.45, 7) is 2.48. The van der Waals surface area contributed by atoms with E-state index < -0.39 is 5.82 Å². The first kappa shape index (κ1) is 15.2. The zero-order valence-electron chi connectivity index (χ0n) is 13.3. The van der Waals surface area contributed by atoms with Gasteiger partial charge in [0.2, 0.25) is 0 Å². The molecule has 124 valence electrons. The topological polar surface area (TPSA) is 49.3 Å². The lowest BCUT2D eigenvalue weighted by molar-refractivity contribution is 0.0727. The van der Waals surface area contributed by atoms with Crippen LogP contribution in [-0.4, -0.2) is 50.8 Å². The predicted molar refractivity (Wildman–Crippen MR) is 86.7 cm³/mol. The SMILES string of the molecule is O=C(c1ccncc1F)N1CC[C@H]2[C@H]1CCN2Cc1cccnc1. The number of nitrogens with zero attached hydrogens (tertiary/aromatic N) is 4. The van der Waals surface area contributed by atoms with Gasteiger partial charge in [-0.25, -0.2) is 4.39 Å². The van der Waals surface area contributed by atoms with E-state index in [1.807, 2.05) is 17.2 Å². The van der Waals surface area contributed by atoms with Crippen LogP contribution < -0.4 is 0 Å². The number of hydrogen-bond acceptors (Lipinski definition) is 4. The fraction of sp³-hybridized carbons (Fsp3) is 0.389. The van der Waals surface area contributed by atoms with Gasteiger partial charge in [0, 0.05) is 50.3 Å². The molecule has 2 atom stereocenters. The van der Waals surface area contributed by atoms with Gasteiger partial charge in [-0.15, -0.1) is 0 Å². The summed E-state index contributed by atoms with van der Waals surface area (Å²) < 4.78 is 13.9. The van der Waals surface area contributed by atoms with Crippen molar-refractivity contribution in [3.8, 4) is 0 Å². The minimum Gasteiger partial charge on any atom is -0.334 e. The third kappa shape index (κ3) is 2.67. The first-order valence-corrected chi connectivity index (χ1v) is 8.27. The average molecular weight is 326 g/mol. The van der Waals surface area contributed by atoms with Crippen molar-refractivity contribution in [1.82, 2.24) is 19.8 Å². The number of fused-ring (bicyclic) bond motifs is 1. The maximum absolute atomic E-state index is 13.9. The van der Waals surface area contributed by atoms with Crippen molar-refractivity contribution in [2.24, 2.45) is 0 Å². The van der Waals surface area contributed by atoms with Crippen LogP contribution in [0.5, 0.6) is 0 Å². The van der Waals surface area contributed by atoms with Crippen LogP contribution in [0.25, 0.3) is 0 Å². The van der Waals surface area contributed by atoms with Crippen LogP contribution in [-0.2, 0) is 6.54 Å². The van der Waals surface area contributed by atoms with Crippen molar-refractivity contribution in [1.29, 1.82) is 0 Å². The van der Waals surface area contributed by atoms with Crippen LogP contribution in [0.15, 0.2) is 43.0 Å². The number of rotatable bonds is 3. The Morgan fingerprint density at radius 2 is 1.96 bits per heavy atom. The van der Waals surface area contributed by atoms with Crippen molar-refractivity contribution >= 4 is 5.91 Å². The number of amides is 1. The minimum atomic E-state index is -0.545. The quantitative estimate of drug-likeness (QED) is 0.867. The molecule has 0 aliphatic carbocycles. The molecule has 1 amide bonds. The second-order valence-corrected chi connectivity index (χ2v) is 6.40. The average Bonchev–Trinajstić information content (AvgIpc) is 3.19. The van der Waals surface area contributed by atoms with Gasteiger partial charge in [-0.05, 0) is 30.5 Å². The molecule has 6 heteroatoms. The summed E-state index contributed by atoms with van der Waals surface area (Å²) in [5.41, 5.74) is 1.31. The smallest absolute Gasteiger partial charge is 0.257 e. The van der Waals surface area contributed by atoms with Gasteiger partial charge in [0.05, 0.1) is 11.8 Å². The van der Waals surface area contributed by atoms with Crippen LogP contribution in [0.3, 0.4) is 0 Å². The van der Waals surface area contributed by atoms with Gasteiger partial charge in [0.1, 0.15) is 0 Å². The second kappa shape index (κ2) is 6.28. The Balaban J connectivity index is 1.48. The van der Waals surface area contributed by atoms with Gasteiger partial charge in [-0.2, -0.15) is 0 Å². The van der Waals surface area contributed by atoms with Crippen molar-refractivity contribution in [2.75, 3.05) is 13.1 Å².